The van der Waals surface area contributed by atoms with Crippen molar-refractivity contribution in [3.05, 3.63) is 41.0 Å². The number of carbonyl (C=O) groups is 2. The quantitative estimate of drug-likeness (QED) is 0.431. The molecular weight excluding hydrogens is 410 g/mol. The number of thiophene rings is 1. The molecule has 3 aromatic heterocycles. The van der Waals surface area contributed by atoms with Crippen LogP contribution in [0.1, 0.15) is 29.1 Å². The van der Waals surface area contributed by atoms with Gasteiger partial charge in [-0.25, -0.2) is 4.79 Å². The number of amides is 1. The van der Waals surface area contributed by atoms with Crippen LogP contribution >= 0.6 is 23.1 Å². The molecule has 152 valence electrons. The summed E-state index contributed by atoms with van der Waals surface area (Å²) in [6.45, 7) is 4.03. The average Bonchev–Trinajstić information content (AvgIpc) is 3.30. The van der Waals surface area contributed by atoms with E-state index in [1.165, 1.54) is 23.1 Å². The van der Waals surface area contributed by atoms with Gasteiger partial charge in [-0.3, -0.25) is 9.78 Å². The number of rotatable bonds is 8. The Balaban J connectivity index is 1.66. The van der Waals surface area contributed by atoms with Crippen LogP contribution in [0.15, 0.2) is 35.7 Å². The van der Waals surface area contributed by atoms with Gasteiger partial charge in [0.2, 0.25) is 5.91 Å². The van der Waals surface area contributed by atoms with Crippen LogP contribution in [0.3, 0.4) is 0 Å². The molecule has 0 aliphatic rings. The zero-order valence-electron chi connectivity index (χ0n) is 16.3. The van der Waals surface area contributed by atoms with Crippen LogP contribution < -0.4 is 5.32 Å². The SMILES string of the molecule is CCOC(=O)c1cc(CC)sc1NC(=O)CSc1nnc(-c2ccncc2)n1C. The molecule has 0 aliphatic heterocycles. The number of pyridine rings is 1. The zero-order chi connectivity index (χ0) is 20.8. The minimum atomic E-state index is -0.429. The highest BCUT2D eigenvalue weighted by molar-refractivity contribution is 7.99. The smallest absolute Gasteiger partial charge is 0.341 e. The normalized spacial score (nSPS) is 10.7. The van der Waals surface area contributed by atoms with E-state index < -0.39 is 5.97 Å². The Kier molecular flexibility index (Phi) is 6.99. The molecule has 0 spiro atoms. The number of esters is 1. The number of hydrogen-bond acceptors (Lipinski definition) is 8. The molecule has 0 saturated carbocycles. The third kappa shape index (κ3) is 5.01. The van der Waals surface area contributed by atoms with Crippen molar-refractivity contribution in [2.75, 3.05) is 17.7 Å². The van der Waals surface area contributed by atoms with Crippen molar-refractivity contribution in [1.29, 1.82) is 0 Å². The topological polar surface area (TPSA) is 99.0 Å². The van der Waals surface area contributed by atoms with Crippen molar-refractivity contribution in [3.63, 3.8) is 0 Å². The molecular formula is C19H21N5O3S2. The van der Waals surface area contributed by atoms with Gasteiger partial charge >= 0.3 is 5.97 Å². The van der Waals surface area contributed by atoms with Gasteiger partial charge in [-0.2, -0.15) is 0 Å². The van der Waals surface area contributed by atoms with Crippen LogP contribution in [0.5, 0.6) is 0 Å². The number of aryl methyl sites for hydroxylation is 1. The van der Waals surface area contributed by atoms with E-state index in [9.17, 15) is 9.59 Å². The van der Waals surface area contributed by atoms with Crippen molar-refractivity contribution in [3.8, 4) is 11.4 Å². The first kappa shape index (κ1) is 21.0. The summed E-state index contributed by atoms with van der Waals surface area (Å²) >= 11 is 2.66. The van der Waals surface area contributed by atoms with Crippen molar-refractivity contribution >= 4 is 40.0 Å². The van der Waals surface area contributed by atoms with Crippen LogP contribution in [0.4, 0.5) is 5.00 Å². The molecule has 3 aromatic rings. The molecule has 0 bridgehead atoms. The summed E-state index contributed by atoms with van der Waals surface area (Å²) in [5.74, 6) is 0.190. The molecule has 0 radical (unpaired) electrons. The van der Waals surface area contributed by atoms with Crippen LogP contribution in [0, 0.1) is 0 Å². The fourth-order valence-electron chi connectivity index (χ4n) is 2.56. The van der Waals surface area contributed by atoms with Gasteiger partial charge in [0.05, 0.1) is 17.9 Å². The summed E-state index contributed by atoms with van der Waals surface area (Å²) in [7, 11) is 1.85. The lowest BCUT2D eigenvalue weighted by atomic mass is 10.2. The third-order valence-corrected chi connectivity index (χ3v) is 6.20. The minimum absolute atomic E-state index is 0.143. The molecule has 0 aromatic carbocycles. The molecule has 0 unspecified atom stereocenters. The summed E-state index contributed by atoms with van der Waals surface area (Å²) < 4.78 is 6.91. The lowest BCUT2D eigenvalue weighted by Gasteiger charge is -2.06. The lowest BCUT2D eigenvalue weighted by Crippen LogP contribution is -2.16. The zero-order valence-corrected chi connectivity index (χ0v) is 18.0. The molecule has 0 atom stereocenters. The van der Waals surface area contributed by atoms with E-state index in [-0.39, 0.29) is 18.3 Å². The van der Waals surface area contributed by atoms with Gasteiger partial charge < -0.3 is 14.6 Å². The van der Waals surface area contributed by atoms with Gasteiger partial charge in [0, 0.05) is 29.9 Å². The van der Waals surface area contributed by atoms with Crippen LogP contribution in [0.2, 0.25) is 0 Å². The van der Waals surface area contributed by atoms with Crippen molar-refractivity contribution < 1.29 is 14.3 Å². The number of carbonyl (C=O) groups excluding carboxylic acids is 2. The molecule has 29 heavy (non-hydrogen) atoms. The monoisotopic (exact) mass is 431 g/mol. The molecule has 1 N–H and O–H groups in total. The Morgan fingerprint density at radius 2 is 2.00 bits per heavy atom. The fourth-order valence-corrected chi connectivity index (χ4v) is 4.27. The van der Waals surface area contributed by atoms with E-state index in [0.717, 1.165) is 16.9 Å². The van der Waals surface area contributed by atoms with Crippen LogP contribution in [0.25, 0.3) is 11.4 Å². The number of nitrogens with zero attached hydrogens (tertiary/aromatic N) is 4. The molecule has 10 heteroatoms. The van der Waals surface area contributed by atoms with E-state index in [0.29, 0.717) is 21.5 Å². The van der Waals surface area contributed by atoms with Gasteiger partial charge in [-0.1, -0.05) is 18.7 Å². The Morgan fingerprint density at radius 3 is 2.69 bits per heavy atom. The second-order valence-electron chi connectivity index (χ2n) is 5.97. The van der Waals surface area contributed by atoms with E-state index in [1.54, 1.807) is 25.4 Å². The van der Waals surface area contributed by atoms with Gasteiger partial charge in [0.1, 0.15) is 5.00 Å². The predicted molar refractivity (Wildman–Crippen MR) is 113 cm³/mol. The number of nitrogens with one attached hydrogen (secondary N) is 1. The Labute approximate surface area is 176 Å². The molecule has 3 rings (SSSR count). The maximum absolute atomic E-state index is 12.5. The lowest BCUT2D eigenvalue weighted by molar-refractivity contribution is -0.113. The fraction of sp³-hybridized carbons (Fsp3) is 0.316. The highest BCUT2D eigenvalue weighted by Gasteiger charge is 2.19. The Bertz CT molecular complexity index is 1000. The number of hydrogen-bond donors (Lipinski definition) is 1. The van der Waals surface area contributed by atoms with E-state index >= 15 is 0 Å². The molecule has 0 fully saturated rings. The van der Waals surface area contributed by atoms with Crippen molar-refractivity contribution in [1.82, 2.24) is 19.7 Å². The van der Waals surface area contributed by atoms with Gasteiger partial charge in [0.15, 0.2) is 11.0 Å². The molecule has 0 aliphatic carbocycles. The standard InChI is InChI=1S/C19H21N5O3S2/c1-4-13-10-14(18(26)27-5-2)17(29-13)21-15(25)11-28-19-23-22-16(24(19)3)12-6-8-20-9-7-12/h6-10H,4-5,11H2,1-3H3,(H,21,25). The Hall–Kier alpha value is -2.72. The molecule has 3 heterocycles. The largest absolute Gasteiger partial charge is 0.462 e. The van der Waals surface area contributed by atoms with Gasteiger partial charge in [-0.05, 0) is 31.5 Å². The van der Waals surface area contributed by atoms with Gasteiger partial charge in [0.25, 0.3) is 0 Å². The van der Waals surface area contributed by atoms with Crippen LogP contribution in [-0.4, -0.2) is 44.0 Å². The average molecular weight is 432 g/mol. The summed E-state index contributed by atoms with van der Waals surface area (Å²) in [5.41, 5.74) is 1.29. The molecule has 8 nitrogen and oxygen atoms in total. The number of anilines is 1. The van der Waals surface area contributed by atoms with Gasteiger partial charge in [-0.15, -0.1) is 21.5 Å². The maximum Gasteiger partial charge on any atom is 0.341 e. The first-order valence-electron chi connectivity index (χ1n) is 9.05. The molecule has 0 saturated heterocycles. The van der Waals surface area contributed by atoms with E-state index in [1.807, 2.05) is 30.7 Å². The van der Waals surface area contributed by atoms with E-state index in [4.69, 9.17) is 4.74 Å². The van der Waals surface area contributed by atoms with Crippen molar-refractivity contribution in [2.45, 2.75) is 25.4 Å². The minimum Gasteiger partial charge on any atom is -0.462 e. The highest BCUT2D eigenvalue weighted by Crippen LogP contribution is 2.30. The van der Waals surface area contributed by atoms with E-state index in [2.05, 4.69) is 20.5 Å². The summed E-state index contributed by atoms with van der Waals surface area (Å²) in [5, 5.41) is 12.3. The summed E-state index contributed by atoms with van der Waals surface area (Å²) in [6.07, 6.45) is 4.16. The number of thioether (sulfide) groups is 1. The maximum atomic E-state index is 12.5. The highest BCUT2D eigenvalue weighted by atomic mass is 32.2. The summed E-state index contributed by atoms with van der Waals surface area (Å²) in [4.78, 5) is 29.6. The summed E-state index contributed by atoms with van der Waals surface area (Å²) in [6, 6.07) is 5.48. The van der Waals surface area contributed by atoms with Crippen molar-refractivity contribution in [2.24, 2.45) is 7.05 Å². The van der Waals surface area contributed by atoms with Crippen LogP contribution in [-0.2, 0) is 23.0 Å². The third-order valence-electron chi connectivity index (χ3n) is 3.99. The first-order valence-corrected chi connectivity index (χ1v) is 10.9. The predicted octanol–water partition coefficient (Wildman–Crippen LogP) is 3.41. The second-order valence-corrected chi connectivity index (χ2v) is 8.05. The number of ether oxygens (including phenoxy) is 1. The second kappa shape index (κ2) is 9.66. The molecule has 1 amide bonds. The number of aromatic nitrogens is 4. The first-order chi connectivity index (χ1) is 14.0. The Morgan fingerprint density at radius 1 is 1.24 bits per heavy atom.